The first-order valence-electron chi connectivity index (χ1n) is 8.66. The number of hydrogen-bond acceptors (Lipinski definition) is 5. The van der Waals surface area contributed by atoms with E-state index in [0.717, 1.165) is 24.2 Å². The van der Waals surface area contributed by atoms with Crippen LogP contribution in [-0.4, -0.2) is 38.4 Å². The summed E-state index contributed by atoms with van der Waals surface area (Å²) in [5, 5.41) is 13.9. The van der Waals surface area contributed by atoms with Gasteiger partial charge in [0.25, 0.3) is 0 Å². The van der Waals surface area contributed by atoms with Gasteiger partial charge >= 0.3 is 0 Å². The highest BCUT2D eigenvalue weighted by molar-refractivity contribution is 7.99. The number of fused-ring (bicyclic) bond motifs is 1. The predicted molar refractivity (Wildman–Crippen MR) is 109 cm³/mol. The summed E-state index contributed by atoms with van der Waals surface area (Å²) in [4.78, 5) is 21.0. The monoisotopic (exact) mass is 397 g/mol. The number of thiophene rings is 1. The standard InChI is InChI=1S/C19H19N5OS2/c25-18(20-8-7-13-11-21-16-6-2-1-5-15(13)16)12-27-19-22-17(23-24-19)10-14-4-3-9-26-14/h1-6,9,11,21H,7-8,10,12H2,(H,20,25)(H,22,23,24). The van der Waals surface area contributed by atoms with Crippen LogP contribution in [0.1, 0.15) is 16.3 Å². The third kappa shape index (κ3) is 4.58. The predicted octanol–water partition coefficient (Wildman–Crippen LogP) is 3.39. The van der Waals surface area contributed by atoms with Crippen LogP contribution in [0.15, 0.2) is 53.1 Å². The van der Waals surface area contributed by atoms with E-state index in [0.29, 0.717) is 17.5 Å². The van der Waals surface area contributed by atoms with E-state index in [-0.39, 0.29) is 5.91 Å². The number of rotatable bonds is 8. The van der Waals surface area contributed by atoms with Crippen molar-refractivity contribution in [1.29, 1.82) is 0 Å². The van der Waals surface area contributed by atoms with Crippen LogP contribution in [0.2, 0.25) is 0 Å². The first kappa shape index (κ1) is 17.8. The number of hydrogen-bond donors (Lipinski definition) is 3. The molecule has 0 saturated heterocycles. The van der Waals surface area contributed by atoms with Crippen molar-refractivity contribution in [2.75, 3.05) is 12.3 Å². The van der Waals surface area contributed by atoms with Crippen LogP contribution in [0.3, 0.4) is 0 Å². The second kappa shape index (κ2) is 8.41. The Morgan fingerprint density at radius 3 is 3.04 bits per heavy atom. The number of carbonyl (C=O) groups excluding carboxylic acids is 1. The van der Waals surface area contributed by atoms with E-state index in [1.807, 2.05) is 29.8 Å². The van der Waals surface area contributed by atoms with E-state index >= 15 is 0 Å². The minimum absolute atomic E-state index is 0.00977. The zero-order valence-corrected chi connectivity index (χ0v) is 16.2. The summed E-state index contributed by atoms with van der Waals surface area (Å²) in [7, 11) is 0. The van der Waals surface area contributed by atoms with Crippen molar-refractivity contribution in [1.82, 2.24) is 25.5 Å². The van der Waals surface area contributed by atoms with Crippen molar-refractivity contribution >= 4 is 39.9 Å². The summed E-state index contributed by atoms with van der Waals surface area (Å²) >= 11 is 3.04. The summed E-state index contributed by atoms with van der Waals surface area (Å²) in [6, 6.07) is 12.3. The molecule has 0 aliphatic carbocycles. The maximum absolute atomic E-state index is 12.1. The molecule has 0 atom stereocenters. The van der Waals surface area contributed by atoms with Crippen LogP contribution >= 0.6 is 23.1 Å². The molecule has 27 heavy (non-hydrogen) atoms. The van der Waals surface area contributed by atoms with Gasteiger partial charge in [0, 0.05) is 34.9 Å². The van der Waals surface area contributed by atoms with Gasteiger partial charge in [-0.2, -0.15) is 0 Å². The largest absolute Gasteiger partial charge is 0.361 e. The van der Waals surface area contributed by atoms with Crippen molar-refractivity contribution in [3.05, 3.63) is 64.2 Å². The summed E-state index contributed by atoms with van der Waals surface area (Å²) in [6.45, 7) is 0.610. The number of aromatic amines is 2. The van der Waals surface area contributed by atoms with Crippen LogP contribution in [0.5, 0.6) is 0 Å². The van der Waals surface area contributed by atoms with Crippen LogP contribution < -0.4 is 5.32 Å². The highest BCUT2D eigenvalue weighted by Crippen LogP contribution is 2.18. The number of nitrogens with zero attached hydrogens (tertiary/aromatic N) is 2. The van der Waals surface area contributed by atoms with Crippen LogP contribution in [0.25, 0.3) is 10.9 Å². The van der Waals surface area contributed by atoms with E-state index in [1.165, 1.54) is 27.6 Å². The van der Waals surface area contributed by atoms with E-state index in [2.05, 4.69) is 43.7 Å². The molecule has 1 aromatic carbocycles. The molecule has 0 saturated carbocycles. The van der Waals surface area contributed by atoms with Crippen LogP contribution in [0, 0.1) is 0 Å². The number of H-pyrrole nitrogens is 2. The van der Waals surface area contributed by atoms with Crippen molar-refractivity contribution < 1.29 is 4.79 Å². The SMILES string of the molecule is O=C(CSc1n[nH]c(Cc2cccs2)n1)NCCc1c[nH]c2ccccc12. The van der Waals surface area contributed by atoms with E-state index in [4.69, 9.17) is 0 Å². The molecule has 0 fully saturated rings. The Bertz CT molecular complexity index is 1020. The molecule has 0 spiro atoms. The van der Waals surface area contributed by atoms with Gasteiger partial charge in [0.15, 0.2) is 0 Å². The number of amides is 1. The number of aromatic nitrogens is 4. The third-order valence-electron chi connectivity index (χ3n) is 4.16. The Balaban J connectivity index is 1.21. The molecule has 8 heteroatoms. The lowest BCUT2D eigenvalue weighted by Crippen LogP contribution is -2.27. The Labute approximate surface area is 164 Å². The Kier molecular flexibility index (Phi) is 5.55. The van der Waals surface area contributed by atoms with Gasteiger partial charge in [-0.05, 0) is 29.5 Å². The molecule has 3 aromatic heterocycles. The van der Waals surface area contributed by atoms with E-state index < -0.39 is 0 Å². The number of benzene rings is 1. The maximum atomic E-state index is 12.1. The zero-order valence-electron chi connectivity index (χ0n) is 14.6. The highest BCUT2D eigenvalue weighted by Gasteiger charge is 2.09. The van der Waals surface area contributed by atoms with Gasteiger partial charge in [-0.15, -0.1) is 16.4 Å². The quantitative estimate of drug-likeness (QED) is 0.398. The Morgan fingerprint density at radius 2 is 2.15 bits per heavy atom. The molecule has 138 valence electrons. The fourth-order valence-electron chi connectivity index (χ4n) is 2.86. The average Bonchev–Trinajstić information content (AvgIpc) is 3.42. The first-order valence-corrected chi connectivity index (χ1v) is 10.5. The summed E-state index contributed by atoms with van der Waals surface area (Å²) in [6.07, 6.45) is 3.54. The van der Waals surface area contributed by atoms with Gasteiger partial charge in [0.1, 0.15) is 5.82 Å². The smallest absolute Gasteiger partial charge is 0.230 e. The summed E-state index contributed by atoms with van der Waals surface area (Å²) in [5.74, 6) is 1.12. The molecule has 4 aromatic rings. The minimum atomic E-state index is -0.00977. The topological polar surface area (TPSA) is 86.5 Å². The molecule has 3 heterocycles. The number of nitrogens with one attached hydrogen (secondary N) is 3. The van der Waals surface area contributed by atoms with Crippen molar-refractivity contribution in [2.45, 2.75) is 18.0 Å². The van der Waals surface area contributed by atoms with Crippen LogP contribution in [-0.2, 0) is 17.6 Å². The molecule has 0 aliphatic rings. The maximum Gasteiger partial charge on any atom is 0.230 e. The van der Waals surface area contributed by atoms with Gasteiger partial charge in [-0.25, -0.2) is 4.98 Å². The average molecular weight is 398 g/mol. The van der Waals surface area contributed by atoms with Gasteiger partial charge in [0.2, 0.25) is 11.1 Å². The first-order chi connectivity index (χ1) is 13.3. The van der Waals surface area contributed by atoms with Gasteiger partial charge in [-0.1, -0.05) is 36.0 Å². The summed E-state index contributed by atoms with van der Waals surface area (Å²) < 4.78 is 0. The van der Waals surface area contributed by atoms with Crippen molar-refractivity contribution in [3.63, 3.8) is 0 Å². The van der Waals surface area contributed by atoms with E-state index in [1.54, 1.807) is 11.3 Å². The fraction of sp³-hybridized carbons (Fsp3) is 0.211. The minimum Gasteiger partial charge on any atom is -0.361 e. The van der Waals surface area contributed by atoms with Gasteiger partial charge in [-0.3, -0.25) is 9.89 Å². The number of carbonyl (C=O) groups is 1. The second-order valence-corrected chi connectivity index (χ2v) is 8.04. The molecule has 0 unspecified atom stereocenters. The molecule has 0 aliphatic heterocycles. The second-order valence-electron chi connectivity index (χ2n) is 6.07. The molecule has 6 nitrogen and oxygen atoms in total. The van der Waals surface area contributed by atoms with Crippen molar-refractivity contribution in [2.24, 2.45) is 0 Å². The lowest BCUT2D eigenvalue weighted by molar-refractivity contribution is -0.118. The third-order valence-corrected chi connectivity index (χ3v) is 5.88. The van der Waals surface area contributed by atoms with Crippen LogP contribution in [0.4, 0.5) is 0 Å². The Hall–Kier alpha value is -2.58. The normalized spacial score (nSPS) is 11.1. The number of para-hydroxylation sites is 1. The fourth-order valence-corrected chi connectivity index (χ4v) is 4.21. The Morgan fingerprint density at radius 1 is 1.22 bits per heavy atom. The highest BCUT2D eigenvalue weighted by atomic mass is 32.2. The molecule has 4 rings (SSSR count). The molecular formula is C19H19N5OS2. The van der Waals surface area contributed by atoms with Crippen molar-refractivity contribution in [3.8, 4) is 0 Å². The van der Waals surface area contributed by atoms with Gasteiger partial charge in [0.05, 0.1) is 5.75 Å². The van der Waals surface area contributed by atoms with Gasteiger partial charge < -0.3 is 10.3 Å². The molecule has 1 amide bonds. The molecule has 0 bridgehead atoms. The number of thioether (sulfide) groups is 1. The lowest BCUT2D eigenvalue weighted by Gasteiger charge is -2.03. The molecule has 3 N–H and O–H groups in total. The lowest BCUT2D eigenvalue weighted by atomic mass is 10.1. The zero-order chi connectivity index (χ0) is 18.5. The molecular weight excluding hydrogens is 378 g/mol. The molecule has 0 radical (unpaired) electrons. The van der Waals surface area contributed by atoms with E-state index in [9.17, 15) is 4.79 Å². The summed E-state index contributed by atoms with van der Waals surface area (Å²) in [5.41, 5.74) is 2.34.